The summed E-state index contributed by atoms with van der Waals surface area (Å²) < 4.78 is 12.2. The van der Waals surface area contributed by atoms with Gasteiger partial charge in [-0.3, -0.25) is 14.4 Å². The number of allylic oxidation sites excluding steroid dienone is 1. The second kappa shape index (κ2) is 12.4. The Morgan fingerprint density at radius 1 is 1.21 bits per heavy atom. The first-order valence-electron chi connectivity index (χ1n) is 14.2. The lowest BCUT2D eigenvalue weighted by Crippen LogP contribution is -2.61. The minimum atomic E-state index is -1.13. The van der Waals surface area contributed by atoms with E-state index in [0.29, 0.717) is 38.8 Å². The molecular weight excluding hydrogens is 564 g/mol. The Balaban J connectivity index is 2.02. The molecule has 0 saturated carbocycles. The van der Waals surface area contributed by atoms with E-state index in [0.717, 1.165) is 12.8 Å². The number of rotatable bonds is 14. The molecule has 3 aliphatic rings. The standard InChI is InChI=1S/C30H47BrN2O6/c1-8-10-13-17-38-27(37)21-22-25(35)32(15-11-12-16-34)24(30(22)18-20(31)23(21)39-30)26(36)33(14-9-2)29(6,7)19-28(3,4)5/h8-9,20-24,34H,1-2,10-19H2,3-7H3/t20?,21-,22-,23-,24?,30?/m0/s1. The van der Waals surface area contributed by atoms with Crippen LogP contribution in [0.2, 0.25) is 0 Å². The van der Waals surface area contributed by atoms with Crippen LogP contribution in [0.4, 0.5) is 0 Å². The normalized spacial score (nSPS) is 29.9. The van der Waals surface area contributed by atoms with Crippen LogP contribution in [0.15, 0.2) is 25.3 Å². The second-order valence-electron chi connectivity index (χ2n) is 13.0. The molecule has 3 saturated heterocycles. The number of esters is 1. The SMILES string of the molecule is C=CCCCOC(=O)[C@H]1[C@H]2C(=O)N(CCCCO)C(C(=O)N(CC=C)C(C)(C)CC(C)(C)C)C23CC(Br)[C@@H]1O3. The van der Waals surface area contributed by atoms with Gasteiger partial charge in [-0.05, 0) is 57.8 Å². The molecule has 8 nitrogen and oxygen atoms in total. The van der Waals surface area contributed by atoms with Crippen LogP contribution < -0.4 is 0 Å². The van der Waals surface area contributed by atoms with E-state index in [9.17, 15) is 19.5 Å². The van der Waals surface area contributed by atoms with Crippen molar-refractivity contribution >= 4 is 33.7 Å². The van der Waals surface area contributed by atoms with Crippen LogP contribution in [-0.2, 0) is 23.9 Å². The van der Waals surface area contributed by atoms with Gasteiger partial charge < -0.3 is 24.4 Å². The number of alkyl halides is 1. The number of amides is 2. The lowest BCUT2D eigenvalue weighted by Gasteiger charge is -2.45. The van der Waals surface area contributed by atoms with Gasteiger partial charge in [-0.15, -0.1) is 13.2 Å². The van der Waals surface area contributed by atoms with E-state index < -0.39 is 41.1 Å². The number of aliphatic hydroxyl groups excluding tert-OH is 1. The number of hydrogen-bond donors (Lipinski definition) is 1. The van der Waals surface area contributed by atoms with Crippen molar-refractivity contribution in [1.29, 1.82) is 0 Å². The molecule has 9 heteroatoms. The molecule has 0 aromatic rings. The second-order valence-corrected chi connectivity index (χ2v) is 14.2. The number of halogens is 1. The monoisotopic (exact) mass is 610 g/mol. The number of ether oxygens (including phenoxy) is 2. The Labute approximate surface area is 242 Å². The summed E-state index contributed by atoms with van der Waals surface area (Å²) in [4.78, 5) is 45.3. The topological polar surface area (TPSA) is 96.4 Å². The van der Waals surface area contributed by atoms with Crippen molar-refractivity contribution in [2.75, 3.05) is 26.3 Å². The van der Waals surface area contributed by atoms with Gasteiger partial charge in [0.1, 0.15) is 11.6 Å². The molecule has 6 atom stereocenters. The maximum Gasteiger partial charge on any atom is 0.312 e. The summed E-state index contributed by atoms with van der Waals surface area (Å²) in [6.45, 7) is 19.0. The summed E-state index contributed by atoms with van der Waals surface area (Å²) in [5.41, 5.74) is -1.69. The molecule has 0 radical (unpaired) electrons. The molecule has 1 N–H and O–H groups in total. The van der Waals surface area contributed by atoms with Crippen LogP contribution in [-0.4, -0.2) is 87.1 Å². The number of carbonyl (C=O) groups is 3. The summed E-state index contributed by atoms with van der Waals surface area (Å²) in [6.07, 6.45) is 6.56. The van der Waals surface area contributed by atoms with Gasteiger partial charge in [0.05, 0.1) is 24.5 Å². The molecule has 0 aliphatic carbocycles. The van der Waals surface area contributed by atoms with Crippen molar-refractivity contribution in [3.8, 4) is 0 Å². The van der Waals surface area contributed by atoms with Crippen LogP contribution >= 0.6 is 15.9 Å². The van der Waals surface area contributed by atoms with Crippen LogP contribution in [0.25, 0.3) is 0 Å². The van der Waals surface area contributed by atoms with Crippen LogP contribution in [0, 0.1) is 17.3 Å². The summed E-state index contributed by atoms with van der Waals surface area (Å²) in [7, 11) is 0. The summed E-state index contributed by atoms with van der Waals surface area (Å²) >= 11 is 3.71. The lowest BCUT2D eigenvalue weighted by atomic mass is 9.70. The Kier molecular flexibility index (Phi) is 10.1. The third-order valence-corrected chi connectivity index (χ3v) is 9.02. The van der Waals surface area contributed by atoms with E-state index in [4.69, 9.17) is 9.47 Å². The highest BCUT2D eigenvalue weighted by Gasteiger charge is 2.77. The summed E-state index contributed by atoms with van der Waals surface area (Å²) in [5, 5.41) is 9.40. The highest BCUT2D eigenvalue weighted by atomic mass is 79.9. The first-order chi connectivity index (χ1) is 18.3. The molecule has 3 rings (SSSR count). The smallest absolute Gasteiger partial charge is 0.312 e. The highest BCUT2D eigenvalue weighted by molar-refractivity contribution is 9.09. The summed E-state index contributed by atoms with van der Waals surface area (Å²) in [5.74, 6) is -2.46. The van der Waals surface area contributed by atoms with Crippen molar-refractivity contribution in [2.24, 2.45) is 17.3 Å². The van der Waals surface area contributed by atoms with Gasteiger partial charge in [0, 0.05) is 30.1 Å². The van der Waals surface area contributed by atoms with E-state index >= 15 is 0 Å². The quantitative estimate of drug-likeness (QED) is 0.137. The molecule has 3 heterocycles. The van der Waals surface area contributed by atoms with Crippen molar-refractivity contribution in [3.05, 3.63) is 25.3 Å². The Morgan fingerprint density at radius 3 is 2.49 bits per heavy atom. The number of likely N-dealkylation sites (tertiary alicyclic amines) is 1. The average molecular weight is 612 g/mol. The first-order valence-corrected chi connectivity index (χ1v) is 15.1. The number of aliphatic hydroxyl groups is 1. The highest BCUT2D eigenvalue weighted by Crippen LogP contribution is 2.60. The van der Waals surface area contributed by atoms with E-state index in [-0.39, 0.29) is 35.3 Å². The van der Waals surface area contributed by atoms with Gasteiger partial charge in [-0.2, -0.15) is 0 Å². The molecule has 39 heavy (non-hydrogen) atoms. The Morgan fingerprint density at radius 2 is 1.90 bits per heavy atom. The summed E-state index contributed by atoms with van der Waals surface area (Å²) in [6, 6.07) is -0.878. The Bertz CT molecular complexity index is 946. The molecule has 2 amide bonds. The van der Waals surface area contributed by atoms with Gasteiger partial charge >= 0.3 is 5.97 Å². The molecular formula is C30H47BrN2O6. The molecule has 0 aromatic carbocycles. The number of unbranched alkanes of at least 4 members (excludes halogenated alkanes) is 2. The molecule has 3 unspecified atom stereocenters. The maximum atomic E-state index is 14.6. The molecule has 0 aromatic heterocycles. The maximum absolute atomic E-state index is 14.6. The van der Waals surface area contributed by atoms with Gasteiger partial charge in [0.15, 0.2) is 0 Å². The van der Waals surface area contributed by atoms with Gasteiger partial charge in [-0.1, -0.05) is 48.9 Å². The zero-order valence-electron chi connectivity index (χ0n) is 24.3. The van der Waals surface area contributed by atoms with Gasteiger partial charge in [-0.25, -0.2) is 0 Å². The average Bonchev–Trinajstić information content (AvgIpc) is 3.42. The number of nitrogens with zero attached hydrogens (tertiary/aromatic N) is 2. The van der Waals surface area contributed by atoms with Gasteiger partial charge in [0.2, 0.25) is 11.8 Å². The van der Waals surface area contributed by atoms with Crippen molar-refractivity contribution < 1.29 is 29.0 Å². The molecule has 220 valence electrons. The fourth-order valence-electron chi connectivity index (χ4n) is 7.11. The fourth-order valence-corrected chi connectivity index (χ4v) is 8.06. The predicted molar refractivity (Wildman–Crippen MR) is 154 cm³/mol. The van der Waals surface area contributed by atoms with Crippen molar-refractivity contribution in [2.45, 2.75) is 101 Å². The van der Waals surface area contributed by atoms with Crippen LogP contribution in [0.3, 0.4) is 0 Å². The lowest BCUT2D eigenvalue weighted by molar-refractivity contribution is -0.156. The van der Waals surface area contributed by atoms with Gasteiger partial charge in [0.25, 0.3) is 0 Å². The fraction of sp³-hybridized carbons (Fsp3) is 0.767. The van der Waals surface area contributed by atoms with Crippen LogP contribution in [0.1, 0.15) is 73.1 Å². The number of carbonyl (C=O) groups excluding carboxylic acids is 3. The Hall–Kier alpha value is -1.71. The minimum absolute atomic E-state index is 0.00186. The van der Waals surface area contributed by atoms with Crippen molar-refractivity contribution in [3.63, 3.8) is 0 Å². The zero-order chi connectivity index (χ0) is 29.2. The number of hydrogen-bond acceptors (Lipinski definition) is 6. The largest absolute Gasteiger partial charge is 0.465 e. The molecule has 3 fully saturated rings. The zero-order valence-corrected chi connectivity index (χ0v) is 25.9. The van der Waals surface area contributed by atoms with E-state index in [1.165, 1.54) is 0 Å². The minimum Gasteiger partial charge on any atom is -0.465 e. The predicted octanol–water partition coefficient (Wildman–Crippen LogP) is 4.25. The van der Waals surface area contributed by atoms with Crippen molar-refractivity contribution in [1.82, 2.24) is 9.80 Å². The van der Waals surface area contributed by atoms with Crippen LogP contribution in [0.5, 0.6) is 0 Å². The third kappa shape index (κ3) is 6.30. The molecule has 3 aliphatic heterocycles. The van der Waals surface area contributed by atoms with E-state index in [1.54, 1.807) is 17.1 Å². The molecule has 2 bridgehead atoms. The number of fused-ring (bicyclic) bond motifs is 1. The third-order valence-electron chi connectivity index (χ3n) is 8.17. The molecule has 1 spiro atoms. The van der Waals surface area contributed by atoms with E-state index in [2.05, 4.69) is 49.9 Å². The first kappa shape index (κ1) is 31.8. The van der Waals surface area contributed by atoms with E-state index in [1.807, 2.05) is 18.7 Å².